The molecular formula is C24H24N7O5S2+. The summed E-state index contributed by atoms with van der Waals surface area (Å²) in [7, 11) is 0. The van der Waals surface area contributed by atoms with Gasteiger partial charge in [-0.25, -0.2) is 9.36 Å². The van der Waals surface area contributed by atoms with Crippen LogP contribution in [0.25, 0.3) is 10.8 Å². The monoisotopic (exact) mass is 554 g/mol. The zero-order valence-electron chi connectivity index (χ0n) is 20.4. The number of amides is 2. The third-order valence-electron chi connectivity index (χ3n) is 5.88. The van der Waals surface area contributed by atoms with Gasteiger partial charge in [-0.1, -0.05) is 23.4 Å². The molecular weight excluding hydrogens is 530 g/mol. The zero-order chi connectivity index (χ0) is 27.0. The van der Waals surface area contributed by atoms with Crippen molar-refractivity contribution in [2.75, 3.05) is 11.5 Å². The van der Waals surface area contributed by atoms with E-state index < -0.39 is 29.2 Å². The van der Waals surface area contributed by atoms with Crippen molar-refractivity contribution in [2.24, 2.45) is 5.16 Å². The van der Waals surface area contributed by atoms with Gasteiger partial charge in [-0.2, -0.15) is 9.36 Å². The minimum atomic E-state index is -1.19. The molecule has 5 rings (SSSR count). The summed E-state index contributed by atoms with van der Waals surface area (Å²) in [5, 5.41) is 18.2. The van der Waals surface area contributed by atoms with Gasteiger partial charge in [0, 0.05) is 34.3 Å². The summed E-state index contributed by atoms with van der Waals surface area (Å²) in [6.07, 6.45) is 3.51. The van der Waals surface area contributed by atoms with E-state index in [0.29, 0.717) is 17.9 Å². The lowest BCUT2D eigenvalue weighted by molar-refractivity contribution is -0.687. The molecule has 4 heterocycles. The molecule has 1 unspecified atom stereocenters. The largest absolute Gasteiger partial charge is 0.477 e. The van der Waals surface area contributed by atoms with E-state index in [1.54, 1.807) is 13.8 Å². The van der Waals surface area contributed by atoms with Gasteiger partial charge in [0.15, 0.2) is 24.1 Å². The average Bonchev–Trinajstić information content (AvgIpc) is 3.32. The van der Waals surface area contributed by atoms with Crippen LogP contribution >= 0.6 is 23.3 Å². The Morgan fingerprint density at radius 1 is 1.32 bits per heavy atom. The van der Waals surface area contributed by atoms with Gasteiger partial charge < -0.3 is 21.0 Å². The first-order valence-electron chi connectivity index (χ1n) is 11.6. The molecule has 0 aliphatic carbocycles. The van der Waals surface area contributed by atoms with Crippen molar-refractivity contribution >= 4 is 62.7 Å². The number of anilines is 1. The van der Waals surface area contributed by atoms with Crippen LogP contribution in [0.15, 0.2) is 59.2 Å². The normalized spacial score (nSPS) is 19.4. The molecule has 4 N–H and O–H groups in total. The average molecular weight is 555 g/mol. The van der Waals surface area contributed by atoms with E-state index in [-0.39, 0.29) is 28.5 Å². The standard InChI is InChI=1S/C24H23N7O5S2/c1-12(2)36-28-16(19-27-24(25)38-29-19)20(32)26-17-21(33)31-18(23(34)35)15(11-37-22(17)31)10-30-8-7-13-5-3-4-6-14(13)9-30/h3-9,12,17,22H,10-11H2,1-2H3,(H3-,25,26,27,29,32,34,35)/p+1/t17?,22-/m0/s1. The maximum Gasteiger partial charge on any atom is 0.352 e. The Balaban J connectivity index is 1.36. The fourth-order valence-electron chi connectivity index (χ4n) is 4.18. The number of nitrogens with one attached hydrogen (secondary N) is 1. The highest BCUT2D eigenvalue weighted by atomic mass is 32.2. The Hall–Kier alpha value is -4.04. The van der Waals surface area contributed by atoms with E-state index in [4.69, 9.17) is 10.6 Å². The number of nitrogens with zero attached hydrogens (tertiary/aromatic N) is 5. The number of carbonyl (C=O) groups is 3. The summed E-state index contributed by atoms with van der Waals surface area (Å²) in [5.74, 6) is -2.08. The number of nitrogens with two attached hydrogens (primary N) is 1. The predicted octanol–water partition coefficient (Wildman–Crippen LogP) is 1.13. The van der Waals surface area contributed by atoms with Crippen LogP contribution in [0.2, 0.25) is 0 Å². The highest BCUT2D eigenvalue weighted by Crippen LogP contribution is 2.40. The van der Waals surface area contributed by atoms with Gasteiger partial charge in [-0.15, -0.1) is 11.8 Å². The molecule has 14 heteroatoms. The van der Waals surface area contributed by atoms with Crippen molar-refractivity contribution in [2.45, 2.75) is 37.9 Å². The third-order valence-corrected chi connectivity index (χ3v) is 7.76. The molecule has 12 nitrogen and oxygen atoms in total. The number of aromatic nitrogens is 3. The number of carboxylic acid groups (broad SMARTS) is 1. The number of carbonyl (C=O) groups excluding carboxylic acids is 2. The van der Waals surface area contributed by atoms with E-state index in [1.165, 1.54) is 16.7 Å². The van der Waals surface area contributed by atoms with E-state index in [1.807, 2.05) is 47.3 Å². The molecule has 1 saturated heterocycles. The second-order valence-electron chi connectivity index (χ2n) is 8.91. The van der Waals surface area contributed by atoms with Gasteiger partial charge in [-0.3, -0.25) is 14.5 Å². The summed E-state index contributed by atoms with van der Waals surface area (Å²) in [4.78, 5) is 48.9. The molecule has 2 aliphatic heterocycles. The van der Waals surface area contributed by atoms with Gasteiger partial charge in [0.25, 0.3) is 11.8 Å². The number of hydrogen-bond donors (Lipinski definition) is 3. The highest BCUT2D eigenvalue weighted by Gasteiger charge is 2.54. The first kappa shape index (κ1) is 25.6. The van der Waals surface area contributed by atoms with Crippen molar-refractivity contribution in [3.8, 4) is 0 Å². The van der Waals surface area contributed by atoms with Crippen molar-refractivity contribution in [1.82, 2.24) is 19.6 Å². The summed E-state index contributed by atoms with van der Waals surface area (Å²) in [6.45, 7) is 3.79. The Kier molecular flexibility index (Phi) is 6.99. The first-order chi connectivity index (χ1) is 18.2. The van der Waals surface area contributed by atoms with E-state index >= 15 is 0 Å². The first-order valence-corrected chi connectivity index (χ1v) is 13.5. The molecule has 1 fully saturated rings. The van der Waals surface area contributed by atoms with Crippen molar-refractivity contribution in [1.29, 1.82) is 0 Å². The Morgan fingerprint density at radius 3 is 2.76 bits per heavy atom. The maximum absolute atomic E-state index is 13.1. The second kappa shape index (κ2) is 10.4. The van der Waals surface area contributed by atoms with Crippen molar-refractivity contribution < 1.29 is 28.9 Å². The topological polar surface area (TPSA) is 164 Å². The van der Waals surface area contributed by atoms with E-state index in [2.05, 4.69) is 19.8 Å². The number of hydrogen-bond acceptors (Lipinski definition) is 10. The second-order valence-corrected chi connectivity index (χ2v) is 10.8. The van der Waals surface area contributed by atoms with Crippen LogP contribution in [0.5, 0.6) is 0 Å². The summed E-state index contributed by atoms with van der Waals surface area (Å²) >= 11 is 2.28. The smallest absolute Gasteiger partial charge is 0.352 e. The van der Waals surface area contributed by atoms with Gasteiger partial charge in [-0.05, 0) is 25.3 Å². The minimum absolute atomic E-state index is 0.0219. The molecule has 3 aromatic rings. The van der Waals surface area contributed by atoms with Crippen LogP contribution in [0.3, 0.4) is 0 Å². The van der Waals surface area contributed by atoms with Crippen molar-refractivity contribution in [3.63, 3.8) is 0 Å². The number of benzene rings is 1. The Labute approximate surface area is 225 Å². The van der Waals surface area contributed by atoms with Gasteiger partial charge in [0.05, 0.1) is 0 Å². The van der Waals surface area contributed by atoms with Crippen molar-refractivity contribution in [3.05, 3.63) is 59.8 Å². The number of pyridine rings is 1. The maximum atomic E-state index is 13.1. The predicted molar refractivity (Wildman–Crippen MR) is 141 cm³/mol. The van der Waals surface area contributed by atoms with Crippen LogP contribution in [-0.4, -0.2) is 66.1 Å². The van der Waals surface area contributed by atoms with Crippen LogP contribution in [0.1, 0.15) is 19.7 Å². The number of nitrogen functional groups attached to an aromatic ring is 1. The van der Waals surface area contributed by atoms with Gasteiger partial charge in [0.2, 0.25) is 11.5 Å². The molecule has 2 amide bonds. The summed E-state index contributed by atoms with van der Waals surface area (Å²) < 4.78 is 5.91. The molecule has 196 valence electrons. The quantitative estimate of drug-likeness (QED) is 0.160. The molecule has 2 aromatic heterocycles. The number of fused-ring (bicyclic) bond motifs is 2. The van der Waals surface area contributed by atoms with Crippen LogP contribution < -0.4 is 15.6 Å². The fraction of sp³-hybridized carbons (Fsp3) is 0.292. The molecule has 0 saturated carbocycles. The number of rotatable bonds is 8. The number of β-lactam (4-membered cyclic amide) rings is 1. The molecule has 1 aromatic carbocycles. The lowest BCUT2D eigenvalue weighted by Gasteiger charge is -2.49. The van der Waals surface area contributed by atoms with Gasteiger partial charge in [0.1, 0.15) is 23.2 Å². The fourth-order valence-corrected chi connectivity index (χ4v) is 5.95. The molecule has 0 radical (unpaired) electrons. The van der Waals surface area contributed by atoms with Crippen LogP contribution in [0.4, 0.5) is 5.13 Å². The molecule has 0 spiro atoms. The van der Waals surface area contributed by atoms with Crippen LogP contribution in [0, 0.1) is 0 Å². The number of oxime groups is 1. The zero-order valence-corrected chi connectivity index (χ0v) is 22.0. The highest BCUT2D eigenvalue weighted by molar-refractivity contribution is 8.00. The molecule has 38 heavy (non-hydrogen) atoms. The number of thioether (sulfide) groups is 1. The summed E-state index contributed by atoms with van der Waals surface area (Å²) in [6, 6.07) is 8.89. The summed E-state index contributed by atoms with van der Waals surface area (Å²) in [5.41, 5.74) is 5.97. The number of aliphatic carboxylic acids is 1. The van der Waals surface area contributed by atoms with E-state index in [0.717, 1.165) is 22.3 Å². The SMILES string of the molecule is CC(C)ON=C(C(=O)NC1C(=O)N2C(C(=O)O)=C(C[n+]3ccc4ccccc4c3)CS[C@@H]12)c1nsc(N)n1. The third kappa shape index (κ3) is 4.91. The Bertz CT molecular complexity index is 1500. The van der Waals surface area contributed by atoms with Crippen LogP contribution in [-0.2, 0) is 25.8 Å². The van der Waals surface area contributed by atoms with E-state index in [9.17, 15) is 19.5 Å². The lowest BCUT2D eigenvalue weighted by atomic mass is 10.0. The number of carboxylic acids is 1. The molecule has 2 aliphatic rings. The van der Waals surface area contributed by atoms with Gasteiger partial charge >= 0.3 is 5.97 Å². The Morgan fingerprint density at radius 2 is 2.08 bits per heavy atom. The lowest BCUT2D eigenvalue weighted by Crippen LogP contribution is -2.71. The molecule has 0 bridgehead atoms. The molecule has 2 atom stereocenters. The minimum Gasteiger partial charge on any atom is -0.477 e.